The standard InChI is InChI=1S/C22H22N4O4/c1-13(26-21(28)15-6-4-5-7-16(15)22(26)29)20(27)23-11-10-19-24-17-12-14(30-3)8-9-18(17)25(19)2/h4-9,12-13H,10-11H2,1-3H3,(H,23,27). The van der Waals surface area contributed by atoms with E-state index in [1.165, 1.54) is 0 Å². The van der Waals surface area contributed by atoms with Crippen LogP contribution in [0.1, 0.15) is 33.5 Å². The van der Waals surface area contributed by atoms with Gasteiger partial charge in [0.1, 0.15) is 17.6 Å². The Labute approximate surface area is 173 Å². The first-order chi connectivity index (χ1) is 14.4. The fourth-order valence-electron chi connectivity index (χ4n) is 3.70. The number of carbonyl (C=O) groups excluding carboxylic acids is 3. The van der Waals surface area contributed by atoms with Crippen LogP contribution in [0, 0.1) is 0 Å². The fourth-order valence-corrected chi connectivity index (χ4v) is 3.70. The number of hydrogen-bond donors (Lipinski definition) is 1. The average molecular weight is 406 g/mol. The van der Waals surface area contributed by atoms with E-state index in [9.17, 15) is 14.4 Å². The topological polar surface area (TPSA) is 93.5 Å². The number of imide groups is 1. The smallest absolute Gasteiger partial charge is 0.262 e. The van der Waals surface area contributed by atoms with Gasteiger partial charge in [-0.2, -0.15) is 0 Å². The molecule has 0 spiro atoms. The Hall–Kier alpha value is -3.68. The van der Waals surface area contributed by atoms with Gasteiger partial charge in [0.05, 0.1) is 29.3 Å². The first kappa shape index (κ1) is 19.6. The van der Waals surface area contributed by atoms with Crippen LogP contribution in [0.15, 0.2) is 42.5 Å². The van der Waals surface area contributed by atoms with E-state index in [4.69, 9.17) is 4.74 Å². The highest BCUT2D eigenvalue weighted by atomic mass is 16.5. The summed E-state index contributed by atoms with van der Waals surface area (Å²) in [6.45, 7) is 1.89. The summed E-state index contributed by atoms with van der Waals surface area (Å²) < 4.78 is 7.20. The summed E-state index contributed by atoms with van der Waals surface area (Å²) >= 11 is 0. The summed E-state index contributed by atoms with van der Waals surface area (Å²) in [5.74, 6) is 0.275. The van der Waals surface area contributed by atoms with E-state index in [2.05, 4.69) is 10.3 Å². The van der Waals surface area contributed by atoms with Gasteiger partial charge in [0, 0.05) is 26.1 Å². The van der Waals surface area contributed by atoms with Crippen LogP contribution in [0.25, 0.3) is 11.0 Å². The van der Waals surface area contributed by atoms with Crippen molar-refractivity contribution in [2.45, 2.75) is 19.4 Å². The lowest BCUT2D eigenvalue weighted by atomic mass is 10.1. The number of imidazole rings is 1. The van der Waals surface area contributed by atoms with Crippen molar-refractivity contribution in [1.29, 1.82) is 0 Å². The van der Waals surface area contributed by atoms with E-state index >= 15 is 0 Å². The van der Waals surface area contributed by atoms with Gasteiger partial charge in [0.25, 0.3) is 11.8 Å². The lowest BCUT2D eigenvalue weighted by Crippen LogP contribution is -2.48. The molecule has 1 aliphatic heterocycles. The molecule has 1 atom stereocenters. The number of methoxy groups -OCH3 is 1. The number of nitrogens with zero attached hydrogens (tertiary/aromatic N) is 3. The van der Waals surface area contributed by atoms with E-state index in [0.29, 0.717) is 24.1 Å². The van der Waals surface area contributed by atoms with Crippen molar-refractivity contribution in [3.05, 3.63) is 59.4 Å². The number of fused-ring (bicyclic) bond motifs is 2. The lowest BCUT2D eigenvalue weighted by Gasteiger charge is -2.21. The van der Waals surface area contributed by atoms with Crippen LogP contribution >= 0.6 is 0 Å². The van der Waals surface area contributed by atoms with E-state index in [1.54, 1.807) is 38.3 Å². The zero-order chi connectivity index (χ0) is 21.4. The molecule has 3 amide bonds. The highest BCUT2D eigenvalue weighted by molar-refractivity contribution is 6.22. The van der Waals surface area contributed by atoms with E-state index < -0.39 is 17.9 Å². The molecule has 0 bridgehead atoms. The maximum atomic E-state index is 12.6. The highest BCUT2D eigenvalue weighted by Gasteiger charge is 2.40. The second kappa shape index (κ2) is 7.62. The zero-order valence-electron chi connectivity index (χ0n) is 17.0. The number of aromatic nitrogens is 2. The fraction of sp³-hybridized carbons (Fsp3) is 0.273. The molecule has 8 heteroatoms. The van der Waals surface area contributed by atoms with Crippen LogP contribution in [0.4, 0.5) is 0 Å². The molecular weight excluding hydrogens is 384 g/mol. The van der Waals surface area contributed by atoms with Crippen LogP contribution in [0.5, 0.6) is 5.75 Å². The molecule has 2 aromatic carbocycles. The Kier molecular flexibility index (Phi) is 4.99. The third-order valence-corrected chi connectivity index (χ3v) is 5.42. The predicted molar refractivity (Wildman–Crippen MR) is 110 cm³/mol. The Bertz CT molecular complexity index is 1130. The molecule has 0 aliphatic carbocycles. The number of ether oxygens (including phenoxy) is 1. The normalized spacial score (nSPS) is 14.2. The number of nitrogens with one attached hydrogen (secondary N) is 1. The summed E-state index contributed by atoms with van der Waals surface area (Å²) in [4.78, 5) is 43.3. The lowest BCUT2D eigenvalue weighted by molar-refractivity contribution is -0.124. The van der Waals surface area contributed by atoms with Crippen molar-refractivity contribution in [1.82, 2.24) is 19.8 Å². The monoisotopic (exact) mass is 406 g/mol. The van der Waals surface area contributed by atoms with Crippen molar-refractivity contribution < 1.29 is 19.1 Å². The van der Waals surface area contributed by atoms with Gasteiger partial charge < -0.3 is 14.6 Å². The Balaban J connectivity index is 1.41. The first-order valence-electron chi connectivity index (χ1n) is 9.66. The molecule has 3 aromatic rings. The van der Waals surface area contributed by atoms with E-state index in [0.717, 1.165) is 27.5 Å². The predicted octanol–water partition coefficient (Wildman–Crippen LogP) is 1.93. The van der Waals surface area contributed by atoms with Crippen molar-refractivity contribution in [3.63, 3.8) is 0 Å². The summed E-state index contributed by atoms with van der Waals surface area (Å²) in [7, 11) is 3.52. The second-order valence-corrected chi connectivity index (χ2v) is 7.18. The minimum Gasteiger partial charge on any atom is -0.497 e. The molecule has 1 unspecified atom stereocenters. The Morgan fingerprint density at radius 2 is 1.80 bits per heavy atom. The molecule has 4 rings (SSSR count). The highest BCUT2D eigenvalue weighted by Crippen LogP contribution is 2.24. The number of hydrogen-bond acceptors (Lipinski definition) is 5. The maximum Gasteiger partial charge on any atom is 0.262 e. The summed E-state index contributed by atoms with van der Waals surface area (Å²) in [5.41, 5.74) is 2.45. The molecule has 30 heavy (non-hydrogen) atoms. The van der Waals surface area contributed by atoms with Crippen LogP contribution in [-0.4, -0.2) is 51.9 Å². The number of benzene rings is 2. The van der Waals surface area contributed by atoms with Gasteiger partial charge in [-0.25, -0.2) is 4.98 Å². The average Bonchev–Trinajstić information content (AvgIpc) is 3.21. The molecule has 154 valence electrons. The van der Waals surface area contributed by atoms with Crippen LogP contribution < -0.4 is 10.1 Å². The van der Waals surface area contributed by atoms with Crippen LogP contribution in [0.3, 0.4) is 0 Å². The van der Waals surface area contributed by atoms with Gasteiger partial charge in [0.15, 0.2) is 0 Å². The van der Waals surface area contributed by atoms with Crippen molar-refractivity contribution >= 4 is 28.8 Å². The van der Waals surface area contributed by atoms with Crippen molar-refractivity contribution in [3.8, 4) is 5.75 Å². The van der Waals surface area contributed by atoms with Gasteiger partial charge in [-0.1, -0.05) is 12.1 Å². The Morgan fingerprint density at radius 1 is 1.13 bits per heavy atom. The first-order valence-corrected chi connectivity index (χ1v) is 9.66. The molecule has 8 nitrogen and oxygen atoms in total. The van der Waals surface area contributed by atoms with Crippen molar-refractivity contribution in [2.24, 2.45) is 7.05 Å². The van der Waals surface area contributed by atoms with Gasteiger partial charge in [-0.05, 0) is 31.2 Å². The van der Waals surface area contributed by atoms with Crippen LogP contribution in [0.2, 0.25) is 0 Å². The number of carbonyl (C=O) groups is 3. The molecule has 1 aliphatic rings. The number of rotatable bonds is 6. The van der Waals surface area contributed by atoms with Gasteiger partial charge in [0.2, 0.25) is 5.91 Å². The molecule has 1 N–H and O–H groups in total. The third-order valence-electron chi connectivity index (χ3n) is 5.42. The molecule has 0 radical (unpaired) electrons. The number of amides is 3. The van der Waals surface area contributed by atoms with Gasteiger partial charge >= 0.3 is 0 Å². The Morgan fingerprint density at radius 3 is 2.43 bits per heavy atom. The minimum atomic E-state index is -0.901. The summed E-state index contributed by atoms with van der Waals surface area (Å²) in [5, 5.41) is 2.81. The van der Waals surface area contributed by atoms with Gasteiger partial charge in [-0.3, -0.25) is 19.3 Å². The molecule has 0 fully saturated rings. The minimum absolute atomic E-state index is 0.331. The molecule has 0 saturated carbocycles. The largest absolute Gasteiger partial charge is 0.497 e. The summed E-state index contributed by atoms with van der Waals surface area (Å²) in [6, 6.07) is 11.4. The second-order valence-electron chi connectivity index (χ2n) is 7.18. The van der Waals surface area contributed by atoms with Crippen LogP contribution in [-0.2, 0) is 18.3 Å². The van der Waals surface area contributed by atoms with E-state index in [-0.39, 0.29) is 5.91 Å². The quantitative estimate of drug-likeness (QED) is 0.632. The van der Waals surface area contributed by atoms with Crippen molar-refractivity contribution in [2.75, 3.05) is 13.7 Å². The molecule has 2 heterocycles. The summed E-state index contributed by atoms with van der Waals surface area (Å²) in [6.07, 6.45) is 0.508. The maximum absolute atomic E-state index is 12.6. The molecule has 0 saturated heterocycles. The molecular formula is C22H22N4O4. The third kappa shape index (κ3) is 3.20. The zero-order valence-corrected chi connectivity index (χ0v) is 17.0. The van der Waals surface area contributed by atoms with Gasteiger partial charge in [-0.15, -0.1) is 0 Å². The SMILES string of the molecule is COc1ccc2c(c1)nc(CCNC(=O)C(C)N1C(=O)c3ccccc3C1=O)n2C. The number of aryl methyl sites for hydroxylation is 1. The molecule has 1 aromatic heterocycles. The van der Waals surface area contributed by atoms with E-state index in [1.807, 2.05) is 29.8 Å².